The van der Waals surface area contributed by atoms with Gasteiger partial charge in [0.15, 0.2) is 13.1 Å². The summed E-state index contributed by atoms with van der Waals surface area (Å²) in [6, 6.07) is 22.0. The molecule has 8 heteroatoms. The van der Waals surface area contributed by atoms with Gasteiger partial charge in [-0.1, -0.05) is 107 Å². The first-order valence-electron chi connectivity index (χ1n) is 27.9. The fourth-order valence-corrected chi connectivity index (χ4v) is 19.5. The second-order valence-corrected chi connectivity index (χ2v) is 27.2. The molecule has 4 bridgehead atoms. The van der Waals surface area contributed by atoms with Crippen molar-refractivity contribution >= 4 is 11.9 Å². The highest BCUT2D eigenvalue weighted by Crippen LogP contribution is 2.77. The minimum atomic E-state index is -0.0622. The lowest BCUT2D eigenvalue weighted by molar-refractivity contribution is -1.08. The molecule has 6 heterocycles. The van der Waals surface area contributed by atoms with E-state index < -0.39 is 0 Å². The van der Waals surface area contributed by atoms with Crippen LogP contribution in [0.2, 0.25) is 0 Å². The molecule has 0 radical (unpaired) electrons. The van der Waals surface area contributed by atoms with Crippen LogP contribution in [0.25, 0.3) is 0 Å². The van der Waals surface area contributed by atoms with Crippen LogP contribution < -0.4 is 0 Å². The van der Waals surface area contributed by atoms with E-state index in [1.165, 1.54) is 70.6 Å². The Kier molecular flexibility index (Phi) is 11.7. The minimum absolute atomic E-state index is 0.0140. The first-order chi connectivity index (χ1) is 32.4. The second-order valence-electron chi connectivity index (χ2n) is 27.2. The lowest BCUT2D eigenvalue weighted by atomic mass is 9.32. The normalized spacial score (nSPS) is 45.3. The topological polar surface area (TPSA) is 52.6 Å². The van der Waals surface area contributed by atoms with Gasteiger partial charge < -0.3 is 27.4 Å². The number of hydrogen-bond acceptors (Lipinski definition) is 4. The Morgan fingerprint density at radius 3 is 1.65 bits per heavy atom. The van der Waals surface area contributed by atoms with E-state index >= 15 is 0 Å². The van der Waals surface area contributed by atoms with Crippen LogP contribution in [0.4, 0.5) is 0 Å². The lowest BCUT2D eigenvalue weighted by Crippen LogP contribution is -2.75. The second kappa shape index (κ2) is 16.8. The van der Waals surface area contributed by atoms with E-state index in [-0.39, 0.29) is 45.1 Å². The minimum Gasteiger partial charge on any atom is -0.461 e. The Hall–Kier alpha value is -3.04. The molecule has 0 spiro atoms. The average Bonchev–Trinajstić information content (AvgIpc) is 3.72. The summed E-state index contributed by atoms with van der Waals surface area (Å²) in [5.41, 5.74) is 4.91. The highest BCUT2D eigenvalue weighted by atomic mass is 16.5. The number of ether oxygens (including phenoxy) is 2. The van der Waals surface area contributed by atoms with Crippen LogP contribution in [-0.2, 0) is 32.2 Å². The number of rotatable bonds is 12. The van der Waals surface area contributed by atoms with E-state index in [4.69, 9.17) is 9.47 Å². The van der Waals surface area contributed by atoms with E-state index in [0.717, 1.165) is 120 Å². The predicted molar refractivity (Wildman–Crippen MR) is 269 cm³/mol. The van der Waals surface area contributed by atoms with E-state index in [2.05, 4.69) is 109 Å². The molecule has 370 valence electrons. The molecule has 11 fully saturated rings. The Bertz CT molecular complexity index is 2200. The maximum atomic E-state index is 14.1. The molecule has 6 saturated heterocycles. The predicted octanol–water partition coefficient (Wildman–Crippen LogP) is 9.82. The third-order valence-electron chi connectivity index (χ3n) is 23.9. The summed E-state index contributed by atoms with van der Waals surface area (Å²) in [4.78, 5) is 28.2. The van der Waals surface area contributed by atoms with Gasteiger partial charge in [-0.05, 0) is 117 Å². The molecule has 6 aliphatic heterocycles. The summed E-state index contributed by atoms with van der Waals surface area (Å²) in [5.74, 6) is 2.95. The molecule has 5 aliphatic carbocycles. The van der Waals surface area contributed by atoms with Crippen LogP contribution in [0.3, 0.4) is 0 Å². The molecule has 0 N–H and O–H groups in total. The van der Waals surface area contributed by atoms with E-state index in [1.807, 2.05) is 0 Å². The van der Waals surface area contributed by atoms with Gasteiger partial charge in [0.2, 0.25) is 0 Å². The van der Waals surface area contributed by atoms with Gasteiger partial charge in [0.25, 0.3) is 0 Å². The summed E-state index contributed by atoms with van der Waals surface area (Å²) < 4.78 is 17.6. The van der Waals surface area contributed by atoms with Gasteiger partial charge >= 0.3 is 11.9 Å². The highest BCUT2D eigenvalue weighted by Gasteiger charge is 2.71. The number of piperazine rings is 6. The van der Waals surface area contributed by atoms with Crippen molar-refractivity contribution in [2.24, 2.45) is 56.7 Å². The van der Waals surface area contributed by atoms with Crippen LogP contribution >= 0.6 is 0 Å². The van der Waals surface area contributed by atoms with Crippen LogP contribution in [0, 0.1) is 56.7 Å². The Morgan fingerprint density at radius 1 is 0.574 bits per heavy atom. The fraction of sp³-hybridized carbons (Fsp3) is 0.733. The first-order valence-corrected chi connectivity index (χ1v) is 27.9. The maximum absolute atomic E-state index is 14.1. The number of benzene rings is 2. The smallest absolute Gasteiger partial charge is 0.362 e. The molecule has 10 atom stereocenters. The standard InChI is InChI=1S/C60H90N4O4/c1-45(2)48-20-25-60(44-67-53(65)42-63-34-28-61(29-35-63,30-36-63)40-46-14-10-8-11-15-46)27-26-58(6)49(55(48)60)18-19-51-57(5)23-22-52(56(3,4)50(57)21-24-59(51,58)7)68-54(66)43-64-37-31-62(32-38-64,33-39-64)41-47-16-12-9-13-17-47/h8-17,48-52,55H,1,18-44H2,2-7H3/q+4/t48?,49?,50?,51?,52-,55?,57-,58+,59+,60+,61?,62?,63?,64?/m0/s1. The van der Waals surface area contributed by atoms with Crippen molar-refractivity contribution in [3.63, 3.8) is 0 Å². The molecule has 0 aromatic heterocycles. The molecule has 2 aromatic rings. The van der Waals surface area contributed by atoms with Gasteiger partial charge in [0.05, 0.1) is 6.61 Å². The molecule has 5 saturated carbocycles. The molecular formula is C60H90N4O4+4. The third-order valence-corrected chi connectivity index (χ3v) is 23.9. The number of hydrogen-bond donors (Lipinski definition) is 0. The number of nitrogens with zero attached hydrogens (tertiary/aromatic N) is 4. The molecule has 8 nitrogen and oxygen atoms in total. The Labute approximate surface area is 411 Å². The van der Waals surface area contributed by atoms with Crippen molar-refractivity contribution in [3.05, 3.63) is 83.9 Å². The largest absolute Gasteiger partial charge is 0.461 e. The molecule has 2 aromatic carbocycles. The highest BCUT2D eigenvalue weighted by molar-refractivity contribution is 5.71. The van der Waals surface area contributed by atoms with Gasteiger partial charge in [-0.15, -0.1) is 0 Å². The quantitative estimate of drug-likeness (QED) is 0.121. The third kappa shape index (κ3) is 7.63. The van der Waals surface area contributed by atoms with Crippen molar-refractivity contribution in [1.82, 2.24) is 0 Å². The Morgan fingerprint density at radius 2 is 1.10 bits per heavy atom. The SMILES string of the molecule is C=C(C)C1CC[C@]2(COC(=O)C[N+]34CC[N+](Cc5ccccc5)(CC3)CC4)CC[C@]3(C)C(CCC4[C@@]5(C)CC[C@H](OC(=O)C[N+]67CC[N+](Cc8ccccc8)(CC6)CC7)C(C)(C)C5CC[C@]43C)C12. The van der Waals surface area contributed by atoms with Gasteiger partial charge in [-0.3, -0.25) is 0 Å². The molecule has 5 unspecified atom stereocenters. The van der Waals surface area contributed by atoms with Crippen molar-refractivity contribution in [3.8, 4) is 0 Å². The number of carbonyl (C=O) groups is 2. The van der Waals surface area contributed by atoms with E-state index in [9.17, 15) is 9.59 Å². The summed E-state index contributed by atoms with van der Waals surface area (Å²) >= 11 is 0. The lowest BCUT2D eigenvalue weighted by Gasteiger charge is -2.73. The molecule has 11 aliphatic rings. The zero-order valence-electron chi connectivity index (χ0n) is 43.5. The van der Waals surface area contributed by atoms with Crippen molar-refractivity contribution < 1.29 is 37.0 Å². The number of esters is 2. The van der Waals surface area contributed by atoms with Gasteiger partial charge in [0, 0.05) is 22.0 Å². The Balaban J connectivity index is 0.735. The molecular weight excluding hydrogens is 841 g/mol. The van der Waals surface area contributed by atoms with E-state index in [1.54, 1.807) is 0 Å². The van der Waals surface area contributed by atoms with Gasteiger partial charge in [-0.25, -0.2) is 9.59 Å². The molecule has 0 amide bonds. The van der Waals surface area contributed by atoms with Crippen LogP contribution in [0.1, 0.15) is 117 Å². The van der Waals surface area contributed by atoms with Crippen LogP contribution in [0.5, 0.6) is 0 Å². The number of quaternary nitrogens is 4. The van der Waals surface area contributed by atoms with Crippen molar-refractivity contribution in [2.75, 3.05) is 98.2 Å². The average molecular weight is 931 g/mol. The number of carbonyl (C=O) groups excluding carboxylic acids is 2. The summed E-state index contributed by atoms with van der Waals surface area (Å²) in [6.45, 7) is 37.5. The fourth-order valence-electron chi connectivity index (χ4n) is 19.5. The van der Waals surface area contributed by atoms with Gasteiger partial charge in [-0.2, -0.15) is 0 Å². The molecule has 13 rings (SSSR count). The zero-order chi connectivity index (χ0) is 47.4. The van der Waals surface area contributed by atoms with Crippen LogP contribution in [0.15, 0.2) is 72.8 Å². The monoisotopic (exact) mass is 931 g/mol. The van der Waals surface area contributed by atoms with Crippen molar-refractivity contribution in [2.45, 2.75) is 125 Å². The maximum Gasteiger partial charge on any atom is 0.362 e. The zero-order valence-corrected chi connectivity index (χ0v) is 43.5. The van der Waals surface area contributed by atoms with Crippen molar-refractivity contribution in [1.29, 1.82) is 0 Å². The first kappa shape index (κ1) is 47.3. The number of fused-ring (bicyclic) bond motifs is 13. The summed E-state index contributed by atoms with van der Waals surface area (Å²) in [5, 5.41) is 0. The van der Waals surface area contributed by atoms with E-state index in [0.29, 0.717) is 49.3 Å². The molecule has 68 heavy (non-hydrogen) atoms. The number of allylic oxidation sites excluding steroid dienone is 1. The van der Waals surface area contributed by atoms with Gasteiger partial charge in [0.1, 0.15) is 97.7 Å². The summed E-state index contributed by atoms with van der Waals surface area (Å²) in [7, 11) is 0. The summed E-state index contributed by atoms with van der Waals surface area (Å²) in [6.07, 6.45) is 11.9. The van der Waals surface area contributed by atoms with Crippen LogP contribution in [-0.4, -0.2) is 134 Å².